The number of amides is 2. The van der Waals surface area contributed by atoms with Crippen molar-refractivity contribution < 1.29 is 24.2 Å². The summed E-state index contributed by atoms with van der Waals surface area (Å²) in [4.78, 5) is 46.5. The number of anilines is 1. The van der Waals surface area contributed by atoms with Gasteiger partial charge in [0.05, 0.1) is 29.2 Å². The van der Waals surface area contributed by atoms with Crippen molar-refractivity contribution >= 4 is 35.2 Å². The summed E-state index contributed by atoms with van der Waals surface area (Å²) in [5.41, 5.74) is 3.67. The number of aliphatic hydroxyl groups is 1. The van der Waals surface area contributed by atoms with Crippen LogP contribution in [0.1, 0.15) is 36.5 Å². The van der Waals surface area contributed by atoms with E-state index in [9.17, 15) is 19.5 Å². The molecule has 3 aliphatic heterocycles. The molecule has 0 radical (unpaired) electrons. The standard InChI is InChI=1S/C34H40N2O5S/c1-6-17-35(26-19-22(3)13-14-23(26)4)31(39)29-34-16-15-33(5,42-34)28(32(40)41-18-7-2)27(34)30(38)36(29)25(21-37)20-24-11-9-8-10-12-24/h6-14,19,25,27-29,37H,1-2,15-18,20-21H2,3-5H3/t25-,27+,28-,29?,33+,34?/m1/s1. The third-order valence-electron chi connectivity index (χ3n) is 9.20. The molecule has 0 saturated carbocycles. The number of ether oxygens (including phenoxy) is 1. The van der Waals surface area contributed by atoms with Crippen molar-refractivity contribution in [1.82, 2.24) is 4.90 Å². The second-order valence-electron chi connectivity index (χ2n) is 11.9. The Labute approximate surface area is 252 Å². The van der Waals surface area contributed by atoms with Crippen LogP contribution in [-0.2, 0) is 25.5 Å². The monoisotopic (exact) mass is 588 g/mol. The lowest BCUT2D eigenvalue weighted by molar-refractivity contribution is -0.155. The van der Waals surface area contributed by atoms with Crippen molar-refractivity contribution in [1.29, 1.82) is 0 Å². The van der Waals surface area contributed by atoms with E-state index in [1.165, 1.54) is 6.08 Å². The van der Waals surface area contributed by atoms with Crippen LogP contribution in [0.5, 0.6) is 0 Å². The number of hydrogen-bond donors (Lipinski definition) is 1. The first-order valence-electron chi connectivity index (χ1n) is 14.6. The molecule has 0 aliphatic carbocycles. The number of carbonyl (C=O) groups excluding carboxylic acids is 3. The van der Waals surface area contributed by atoms with E-state index in [1.54, 1.807) is 27.6 Å². The largest absolute Gasteiger partial charge is 0.461 e. The Balaban J connectivity index is 1.64. The molecule has 1 N–H and O–H groups in total. The van der Waals surface area contributed by atoms with E-state index in [2.05, 4.69) is 13.2 Å². The highest BCUT2D eigenvalue weighted by Crippen LogP contribution is 2.72. The van der Waals surface area contributed by atoms with Gasteiger partial charge in [-0.2, -0.15) is 0 Å². The Hall–Kier alpha value is -3.36. The van der Waals surface area contributed by atoms with Gasteiger partial charge in [-0.15, -0.1) is 18.3 Å². The zero-order valence-corrected chi connectivity index (χ0v) is 25.4. The number of rotatable bonds is 11. The SMILES string of the molecule is C=CCOC(=O)[C@H]1[C@H]2C(=O)N([C@@H](CO)Cc3ccccc3)C(C(=O)N(CC=C)c3cc(C)ccc3C)C23CC[C@]1(C)S3. The molecular weight excluding hydrogens is 548 g/mol. The molecule has 6 atom stereocenters. The number of thioether (sulfide) groups is 1. The molecule has 2 amide bonds. The fraction of sp³-hybridized carbons (Fsp3) is 0.441. The smallest absolute Gasteiger partial charge is 0.311 e. The van der Waals surface area contributed by atoms with E-state index in [1.807, 2.05) is 69.3 Å². The Morgan fingerprint density at radius 3 is 2.57 bits per heavy atom. The maximum Gasteiger partial charge on any atom is 0.311 e. The first kappa shape index (κ1) is 30.1. The maximum atomic E-state index is 15.0. The van der Waals surface area contributed by atoms with E-state index in [4.69, 9.17) is 4.74 Å². The summed E-state index contributed by atoms with van der Waals surface area (Å²) in [6.07, 6.45) is 4.89. The number of aryl methyl sites for hydroxylation is 2. The third-order valence-corrected chi connectivity index (χ3v) is 11.2. The Morgan fingerprint density at radius 1 is 1.17 bits per heavy atom. The van der Waals surface area contributed by atoms with Gasteiger partial charge in [0, 0.05) is 17.0 Å². The van der Waals surface area contributed by atoms with Crippen molar-refractivity contribution in [3.05, 3.63) is 90.5 Å². The van der Waals surface area contributed by atoms with E-state index >= 15 is 0 Å². The molecule has 2 aromatic rings. The Morgan fingerprint density at radius 2 is 1.90 bits per heavy atom. The molecule has 0 aromatic heterocycles. The summed E-state index contributed by atoms with van der Waals surface area (Å²) < 4.78 is 4.17. The third kappa shape index (κ3) is 4.88. The fourth-order valence-electron chi connectivity index (χ4n) is 7.36. The van der Waals surface area contributed by atoms with Crippen LogP contribution in [-0.4, -0.2) is 69.1 Å². The minimum absolute atomic E-state index is 0.0586. The summed E-state index contributed by atoms with van der Waals surface area (Å²) in [7, 11) is 0. The zero-order valence-electron chi connectivity index (χ0n) is 24.6. The number of hydrogen-bond acceptors (Lipinski definition) is 6. The normalized spacial score (nSPS) is 28.3. The molecule has 3 heterocycles. The molecule has 2 unspecified atom stereocenters. The molecule has 1 spiro atoms. The highest BCUT2D eigenvalue weighted by Gasteiger charge is 2.78. The highest BCUT2D eigenvalue weighted by molar-refractivity contribution is 8.02. The van der Waals surface area contributed by atoms with Crippen molar-refractivity contribution in [3.63, 3.8) is 0 Å². The minimum Gasteiger partial charge on any atom is -0.461 e. The van der Waals surface area contributed by atoms with Crippen molar-refractivity contribution in [3.8, 4) is 0 Å². The van der Waals surface area contributed by atoms with Crippen LogP contribution in [0.3, 0.4) is 0 Å². The van der Waals surface area contributed by atoms with Crippen LogP contribution in [0.25, 0.3) is 0 Å². The lowest BCUT2D eigenvalue weighted by Gasteiger charge is -2.40. The van der Waals surface area contributed by atoms with Gasteiger partial charge >= 0.3 is 5.97 Å². The summed E-state index contributed by atoms with van der Waals surface area (Å²) in [6.45, 7) is 13.6. The molecule has 42 heavy (non-hydrogen) atoms. The average molecular weight is 589 g/mol. The summed E-state index contributed by atoms with van der Waals surface area (Å²) in [5.74, 6) is -2.35. The molecule has 3 fully saturated rings. The van der Waals surface area contributed by atoms with E-state index < -0.39 is 39.4 Å². The van der Waals surface area contributed by atoms with Gasteiger partial charge in [0.1, 0.15) is 12.6 Å². The number of esters is 1. The lowest BCUT2D eigenvalue weighted by Crippen LogP contribution is -2.58. The molecule has 3 aliphatic rings. The van der Waals surface area contributed by atoms with Gasteiger partial charge in [0.2, 0.25) is 5.91 Å². The van der Waals surface area contributed by atoms with Gasteiger partial charge in [-0.3, -0.25) is 14.4 Å². The van der Waals surface area contributed by atoms with Crippen LogP contribution in [0.4, 0.5) is 5.69 Å². The first-order valence-corrected chi connectivity index (χ1v) is 15.4. The number of fused-ring (bicyclic) bond motifs is 1. The van der Waals surface area contributed by atoms with Gasteiger partial charge < -0.3 is 19.6 Å². The number of benzene rings is 2. The van der Waals surface area contributed by atoms with E-state index in [-0.39, 0.29) is 31.6 Å². The maximum absolute atomic E-state index is 15.0. The fourth-order valence-corrected chi connectivity index (χ4v) is 9.68. The topological polar surface area (TPSA) is 87.1 Å². The molecule has 8 heteroatoms. The number of nitrogens with zero attached hydrogens (tertiary/aromatic N) is 2. The summed E-state index contributed by atoms with van der Waals surface area (Å²) in [5, 5.41) is 10.7. The van der Waals surface area contributed by atoms with E-state index in [0.29, 0.717) is 19.3 Å². The Kier molecular flexibility index (Phi) is 8.41. The van der Waals surface area contributed by atoms with Gasteiger partial charge in [-0.25, -0.2) is 0 Å². The Bertz CT molecular complexity index is 1400. The summed E-state index contributed by atoms with van der Waals surface area (Å²) in [6, 6.07) is 14.1. The molecule has 2 aromatic carbocycles. The average Bonchev–Trinajstić information content (AvgIpc) is 3.55. The quantitative estimate of drug-likeness (QED) is 0.304. The number of aliphatic hydroxyl groups excluding tert-OH is 1. The second kappa shape index (κ2) is 11.7. The first-order chi connectivity index (χ1) is 20.1. The van der Waals surface area contributed by atoms with Crippen LogP contribution >= 0.6 is 11.8 Å². The van der Waals surface area contributed by atoms with E-state index in [0.717, 1.165) is 22.4 Å². The van der Waals surface area contributed by atoms with Crippen molar-refractivity contribution in [2.45, 2.75) is 61.6 Å². The highest BCUT2D eigenvalue weighted by atomic mass is 32.2. The molecule has 3 saturated heterocycles. The molecule has 7 nitrogen and oxygen atoms in total. The zero-order chi connectivity index (χ0) is 30.2. The number of likely N-dealkylation sites (tertiary alicyclic amines) is 1. The van der Waals surface area contributed by atoms with Crippen molar-refractivity contribution in [2.24, 2.45) is 11.8 Å². The van der Waals surface area contributed by atoms with Gasteiger partial charge in [-0.05, 0) is 62.8 Å². The van der Waals surface area contributed by atoms with Crippen LogP contribution in [0, 0.1) is 25.7 Å². The predicted molar refractivity (Wildman–Crippen MR) is 166 cm³/mol. The number of carbonyl (C=O) groups is 3. The molecule has 2 bridgehead atoms. The predicted octanol–water partition coefficient (Wildman–Crippen LogP) is 4.64. The minimum atomic E-state index is -0.875. The molecule has 222 valence electrons. The lowest BCUT2D eigenvalue weighted by atomic mass is 9.66. The van der Waals surface area contributed by atoms with Gasteiger partial charge in [-0.1, -0.05) is 61.2 Å². The van der Waals surface area contributed by atoms with Gasteiger partial charge in [0.15, 0.2) is 0 Å². The molecule has 5 rings (SSSR count). The van der Waals surface area contributed by atoms with Crippen molar-refractivity contribution in [2.75, 3.05) is 24.7 Å². The van der Waals surface area contributed by atoms with Crippen LogP contribution < -0.4 is 4.90 Å². The van der Waals surface area contributed by atoms with Crippen LogP contribution in [0.15, 0.2) is 73.8 Å². The van der Waals surface area contributed by atoms with Gasteiger partial charge in [0.25, 0.3) is 5.91 Å². The van der Waals surface area contributed by atoms with Crippen LogP contribution in [0.2, 0.25) is 0 Å². The second-order valence-corrected chi connectivity index (χ2v) is 13.8. The summed E-state index contributed by atoms with van der Waals surface area (Å²) >= 11 is 1.59. The molecular formula is C34H40N2O5S.